The van der Waals surface area contributed by atoms with Crippen molar-refractivity contribution in [3.63, 3.8) is 0 Å². The minimum atomic E-state index is -3.23. The lowest BCUT2D eigenvalue weighted by Gasteiger charge is -2.22. The van der Waals surface area contributed by atoms with E-state index in [9.17, 15) is 8.42 Å². The van der Waals surface area contributed by atoms with Crippen molar-refractivity contribution in [3.05, 3.63) is 12.2 Å². The quantitative estimate of drug-likeness (QED) is 0.736. The van der Waals surface area contributed by atoms with Crippen LogP contribution >= 0.6 is 0 Å². The van der Waals surface area contributed by atoms with Gasteiger partial charge in [0.05, 0.1) is 12.3 Å². The van der Waals surface area contributed by atoms with E-state index in [1.807, 2.05) is 0 Å². The number of aromatic nitrogens is 3. The summed E-state index contributed by atoms with van der Waals surface area (Å²) >= 11 is 0. The van der Waals surface area contributed by atoms with Crippen LogP contribution < -0.4 is 10.0 Å². The first-order valence-corrected chi connectivity index (χ1v) is 7.73. The van der Waals surface area contributed by atoms with Crippen molar-refractivity contribution in [1.29, 1.82) is 0 Å². The Bertz CT molecular complexity index is 478. The number of rotatable bonds is 5. The van der Waals surface area contributed by atoms with Gasteiger partial charge in [0, 0.05) is 7.05 Å². The van der Waals surface area contributed by atoms with Gasteiger partial charge in [0.1, 0.15) is 12.2 Å². The molecule has 0 radical (unpaired) electrons. The molecule has 0 spiro atoms. The molecule has 7 nitrogen and oxygen atoms in total. The van der Waals surface area contributed by atoms with E-state index in [0.29, 0.717) is 5.82 Å². The van der Waals surface area contributed by atoms with E-state index in [-0.39, 0.29) is 18.2 Å². The monoisotopic (exact) mass is 273 g/mol. The van der Waals surface area contributed by atoms with Crippen LogP contribution in [0.4, 0.5) is 0 Å². The summed E-state index contributed by atoms with van der Waals surface area (Å²) < 4.78 is 28.1. The van der Waals surface area contributed by atoms with Crippen molar-refractivity contribution in [2.45, 2.75) is 19.4 Å². The van der Waals surface area contributed by atoms with E-state index < -0.39 is 10.0 Å². The van der Waals surface area contributed by atoms with E-state index in [1.54, 1.807) is 17.9 Å². The van der Waals surface area contributed by atoms with Gasteiger partial charge >= 0.3 is 0 Å². The van der Waals surface area contributed by atoms with E-state index in [4.69, 9.17) is 0 Å². The second-order valence-corrected chi connectivity index (χ2v) is 6.51. The molecule has 0 unspecified atom stereocenters. The number of piperidine rings is 1. The Morgan fingerprint density at radius 3 is 2.83 bits per heavy atom. The molecular weight excluding hydrogens is 254 g/mol. The molecule has 0 bridgehead atoms. The zero-order valence-electron chi connectivity index (χ0n) is 10.5. The standard InChI is InChI=1S/C10H19N5O2S/c1-15-8-12-14-10(15)6-13-18(16,17)7-9-2-4-11-5-3-9/h8-9,11,13H,2-7H2,1H3. The Balaban J connectivity index is 1.85. The summed E-state index contributed by atoms with van der Waals surface area (Å²) in [7, 11) is -1.44. The lowest BCUT2D eigenvalue weighted by Crippen LogP contribution is -2.35. The molecule has 0 saturated carbocycles. The Hall–Kier alpha value is -0.990. The summed E-state index contributed by atoms with van der Waals surface area (Å²) in [5.41, 5.74) is 0. The number of hydrogen-bond donors (Lipinski definition) is 2. The number of hydrogen-bond acceptors (Lipinski definition) is 5. The van der Waals surface area contributed by atoms with Gasteiger partial charge in [0.2, 0.25) is 10.0 Å². The van der Waals surface area contributed by atoms with Crippen molar-refractivity contribution in [3.8, 4) is 0 Å². The summed E-state index contributed by atoms with van der Waals surface area (Å²) in [6, 6.07) is 0. The molecule has 1 saturated heterocycles. The fraction of sp³-hybridized carbons (Fsp3) is 0.800. The highest BCUT2D eigenvalue weighted by Gasteiger charge is 2.21. The molecule has 2 N–H and O–H groups in total. The molecule has 102 valence electrons. The molecule has 1 aromatic rings. The van der Waals surface area contributed by atoms with E-state index in [2.05, 4.69) is 20.2 Å². The maximum Gasteiger partial charge on any atom is 0.212 e. The van der Waals surface area contributed by atoms with Gasteiger partial charge in [-0.3, -0.25) is 0 Å². The molecular formula is C10H19N5O2S. The van der Waals surface area contributed by atoms with Crippen molar-refractivity contribution in [2.24, 2.45) is 13.0 Å². The van der Waals surface area contributed by atoms with Crippen molar-refractivity contribution >= 4 is 10.0 Å². The predicted octanol–water partition coefficient (Wildman–Crippen LogP) is -0.766. The third kappa shape index (κ3) is 3.76. The van der Waals surface area contributed by atoms with Gasteiger partial charge in [-0.05, 0) is 31.8 Å². The molecule has 8 heteroatoms. The Labute approximate surface area is 107 Å². The molecule has 2 rings (SSSR count). The van der Waals surface area contributed by atoms with Gasteiger partial charge < -0.3 is 9.88 Å². The highest BCUT2D eigenvalue weighted by Crippen LogP contribution is 2.13. The first-order valence-electron chi connectivity index (χ1n) is 6.08. The molecule has 1 aromatic heterocycles. The summed E-state index contributed by atoms with van der Waals surface area (Å²) in [5.74, 6) is 1.07. The normalized spacial score (nSPS) is 18.1. The number of nitrogens with zero attached hydrogens (tertiary/aromatic N) is 3. The van der Waals surface area contributed by atoms with Gasteiger partial charge in [-0.25, -0.2) is 13.1 Å². The number of sulfonamides is 1. The lowest BCUT2D eigenvalue weighted by atomic mass is 10.0. The summed E-state index contributed by atoms with van der Waals surface area (Å²) in [4.78, 5) is 0. The summed E-state index contributed by atoms with van der Waals surface area (Å²) in [6.07, 6.45) is 3.40. The predicted molar refractivity (Wildman–Crippen MR) is 67.2 cm³/mol. The molecule has 0 atom stereocenters. The zero-order chi connectivity index (χ0) is 13.0. The van der Waals surface area contributed by atoms with Crippen LogP contribution in [0.25, 0.3) is 0 Å². The van der Waals surface area contributed by atoms with Crippen LogP contribution in [0.3, 0.4) is 0 Å². The average Bonchev–Trinajstić information content (AvgIpc) is 2.73. The third-order valence-electron chi connectivity index (χ3n) is 3.17. The van der Waals surface area contributed by atoms with Crippen LogP contribution in [-0.2, 0) is 23.6 Å². The third-order valence-corrected chi connectivity index (χ3v) is 4.66. The van der Waals surface area contributed by atoms with Crippen molar-refractivity contribution < 1.29 is 8.42 Å². The van der Waals surface area contributed by atoms with Crippen molar-refractivity contribution in [2.75, 3.05) is 18.8 Å². The van der Waals surface area contributed by atoms with Gasteiger partial charge in [0.15, 0.2) is 0 Å². The lowest BCUT2D eigenvalue weighted by molar-refractivity contribution is 0.400. The minimum Gasteiger partial charge on any atom is -0.320 e. The Kier molecular flexibility index (Phi) is 4.31. The maximum absolute atomic E-state index is 11.9. The highest BCUT2D eigenvalue weighted by molar-refractivity contribution is 7.89. The van der Waals surface area contributed by atoms with E-state index >= 15 is 0 Å². The van der Waals surface area contributed by atoms with Gasteiger partial charge in [-0.15, -0.1) is 10.2 Å². The summed E-state index contributed by atoms with van der Waals surface area (Å²) in [5, 5.41) is 10.8. The molecule has 1 aliphatic rings. The van der Waals surface area contributed by atoms with E-state index in [0.717, 1.165) is 25.9 Å². The van der Waals surface area contributed by atoms with Crippen LogP contribution in [0.5, 0.6) is 0 Å². The molecule has 1 aliphatic heterocycles. The molecule has 18 heavy (non-hydrogen) atoms. The second kappa shape index (κ2) is 5.77. The SMILES string of the molecule is Cn1cnnc1CNS(=O)(=O)CC1CCNCC1. The Morgan fingerprint density at radius 2 is 2.22 bits per heavy atom. The van der Waals surface area contributed by atoms with Crippen LogP contribution in [0.1, 0.15) is 18.7 Å². The first-order chi connectivity index (χ1) is 8.57. The second-order valence-electron chi connectivity index (χ2n) is 4.65. The van der Waals surface area contributed by atoms with Crippen molar-refractivity contribution in [1.82, 2.24) is 24.8 Å². The van der Waals surface area contributed by atoms with E-state index in [1.165, 1.54) is 0 Å². The fourth-order valence-electron chi connectivity index (χ4n) is 2.06. The van der Waals surface area contributed by atoms with Crippen LogP contribution in [-0.4, -0.2) is 42.0 Å². The van der Waals surface area contributed by atoms with Gasteiger partial charge in [0.25, 0.3) is 0 Å². The molecule has 0 aromatic carbocycles. The number of nitrogens with one attached hydrogen (secondary N) is 2. The highest BCUT2D eigenvalue weighted by atomic mass is 32.2. The molecule has 2 heterocycles. The fourth-order valence-corrected chi connectivity index (χ4v) is 3.48. The average molecular weight is 273 g/mol. The summed E-state index contributed by atoms with van der Waals surface area (Å²) in [6.45, 7) is 2.01. The number of aryl methyl sites for hydroxylation is 1. The zero-order valence-corrected chi connectivity index (χ0v) is 11.3. The van der Waals surface area contributed by atoms with Crippen LogP contribution in [0.2, 0.25) is 0 Å². The molecule has 1 fully saturated rings. The molecule has 0 aliphatic carbocycles. The molecule has 0 amide bonds. The smallest absolute Gasteiger partial charge is 0.212 e. The Morgan fingerprint density at radius 1 is 1.50 bits per heavy atom. The topological polar surface area (TPSA) is 88.9 Å². The van der Waals surface area contributed by atoms with Crippen LogP contribution in [0.15, 0.2) is 6.33 Å². The largest absolute Gasteiger partial charge is 0.320 e. The van der Waals surface area contributed by atoms with Gasteiger partial charge in [-0.2, -0.15) is 0 Å². The van der Waals surface area contributed by atoms with Crippen LogP contribution in [0, 0.1) is 5.92 Å². The minimum absolute atomic E-state index is 0.198. The first kappa shape index (κ1) is 13.4. The maximum atomic E-state index is 11.9. The van der Waals surface area contributed by atoms with Gasteiger partial charge in [-0.1, -0.05) is 0 Å².